The van der Waals surface area contributed by atoms with E-state index in [1.54, 1.807) is 6.92 Å². The standard InChI is InChI=1S/C17H22O3/c1-2-20-17(19)12-15-11-14(8-9-16(15)18)10-13-6-4-3-5-7-13/h3-7,14-15H,2,8-12H2,1H3. The Morgan fingerprint density at radius 2 is 2.05 bits per heavy atom. The van der Waals surface area contributed by atoms with Crippen molar-refractivity contribution >= 4 is 11.8 Å². The summed E-state index contributed by atoms with van der Waals surface area (Å²) in [5.41, 5.74) is 1.31. The maximum atomic E-state index is 11.9. The zero-order valence-electron chi connectivity index (χ0n) is 12.0. The molecule has 108 valence electrons. The lowest BCUT2D eigenvalue weighted by Gasteiger charge is -2.27. The highest BCUT2D eigenvalue weighted by Crippen LogP contribution is 2.31. The van der Waals surface area contributed by atoms with Crippen LogP contribution in [-0.4, -0.2) is 18.4 Å². The van der Waals surface area contributed by atoms with Crippen LogP contribution >= 0.6 is 0 Å². The van der Waals surface area contributed by atoms with Crippen molar-refractivity contribution < 1.29 is 14.3 Å². The van der Waals surface area contributed by atoms with Crippen molar-refractivity contribution in [3.63, 3.8) is 0 Å². The van der Waals surface area contributed by atoms with E-state index in [4.69, 9.17) is 4.74 Å². The maximum absolute atomic E-state index is 11.9. The number of ketones is 1. The molecule has 0 aromatic heterocycles. The van der Waals surface area contributed by atoms with Gasteiger partial charge in [-0.1, -0.05) is 30.3 Å². The Morgan fingerprint density at radius 1 is 1.30 bits per heavy atom. The molecule has 0 bridgehead atoms. The Labute approximate surface area is 120 Å². The first-order valence-electron chi connectivity index (χ1n) is 7.41. The molecule has 3 heteroatoms. The van der Waals surface area contributed by atoms with Crippen LogP contribution in [0.4, 0.5) is 0 Å². The molecule has 0 amide bonds. The summed E-state index contributed by atoms with van der Waals surface area (Å²) in [6, 6.07) is 10.3. The van der Waals surface area contributed by atoms with Crippen LogP contribution in [0, 0.1) is 11.8 Å². The molecule has 20 heavy (non-hydrogen) atoms. The van der Waals surface area contributed by atoms with E-state index in [1.807, 2.05) is 18.2 Å². The lowest BCUT2D eigenvalue weighted by molar-refractivity contribution is -0.147. The lowest BCUT2D eigenvalue weighted by atomic mass is 9.76. The van der Waals surface area contributed by atoms with Crippen molar-refractivity contribution in [3.8, 4) is 0 Å². The number of hydrogen-bond acceptors (Lipinski definition) is 3. The number of Topliss-reactive ketones (excluding diaryl/α,β-unsaturated/α-hetero) is 1. The summed E-state index contributed by atoms with van der Waals surface area (Å²) in [7, 11) is 0. The molecule has 2 rings (SSSR count). The average molecular weight is 274 g/mol. The number of rotatable bonds is 5. The summed E-state index contributed by atoms with van der Waals surface area (Å²) in [6.07, 6.45) is 3.59. The highest BCUT2D eigenvalue weighted by Gasteiger charge is 2.30. The zero-order chi connectivity index (χ0) is 14.4. The van der Waals surface area contributed by atoms with Gasteiger partial charge in [0.25, 0.3) is 0 Å². The predicted molar refractivity (Wildman–Crippen MR) is 77.2 cm³/mol. The van der Waals surface area contributed by atoms with Gasteiger partial charge in [0.15, 0.2) is 0 Å². The Balaban J connectivity index is 1.90. The minimum atomic E-state index is -0.244. The van der Waals surface area contributed by atoms with Gasteiger partial charge in [-0.25, -0.2) is 0 Å². The van der Waals surface area contributed by atoms with E-state index in [1.165, 1.54) is 5.56 Å². The number of ether oxygens (including phenoxy) is 1. The summed E-state index contributed by atoms with van der Waals surface area (Å²) in [4.78, 5) is 23.5. The first kappa shape index (κ1) is 14.8. The second-order valence-corrected chi connectivity index (χ2v) is 5.50. The van der Waals surface area contributed by atoms with Crippen LogP contribution in [0.25, 0.3) is 0 Å². The van der Waals surface area contributed by atoms with Crippen molar-refractivity contribution in [1.82, 2.24) is 0 Å². The van der Waals surface area contributed by atoms with Crippen LogP contribution in [0.1, 0.15) is 38.2 Å². The topological polar surface area (TPSA) is 43.4 Å². The molecule has 0 heterocycles. The fourth-order valence-electron chi connectivity index (χ4n) is 2.95. The molecule has 0 saturated heterocycles. The fraction of sp³-hybridized carbons (Fsp3) is 0.529. The number of carbonyl (C=O) groups excluding carboxylic acids is 2. The van der Waals surface area contributed by atoms with Gasteiger partial charge in [0.1, 0.15) is 5.78 Å². The number of carbonyl (C=O) groups is 2. The fourth-order valence-corrected chi connectivity index (χ4v) is 2.95. The van der Waals surface area contributed by atoms with Crippen molar-refractivity contribution in [1.29, 1.82) is 0 Å². The molecule has 1 aliphatic carbocycles. The quantitative estimate of drug-likeness (QED) is 0.775. The van der Waals surface area contributed by atoms with Gasteiger partial charge in [-0.05, 0) is 37.7 Å². The molecule has 3 nitrogen and oxygen atoms in total. The van der Waals surface area contributed by atoms with Gasteiger partial charge in [0, 0.05) is 12.3 Å². The van der Waals surface area contributed by atoms with Gasteiger partial charge in [-0.15, -0.1) is 0 Å². The lowest BCUT2D eigenvalue weighted by Crippen LogP contribution is -2.28. The largest absolute Gasteiger partial charge is 0.466 e. The van der Waals surface area contributed by atoms with Gasteiger partial charge >= 0.3 is 5.97 Å². The van der Waals surface area contributed by atoms with Crippen LogP contribution in [0.15, 0.2) is 30.3 Å². The molecule has 2 atom stereocenters. The summed E-state index contributed by atoms with van der Waals surface area (Å²) < 4.78 is 4.96. The normalized spacial score (nSPS) is 22.6. The Morgan fingerprint density at radius 3 is 2.75 bits per heavy atom. The average Bonchev–Trinajstić information content (AvgIpc) is 2.44. The molecule has 0 aliphatic heterocycles. The van der Waals surface area contributed by atoms with Crippen molar-refractivity contribution in [3.05, 3.63) is 35.9 Å². The zero-order valence-corrected chi connectivity index (χ0v) is 12.0. The van der Waals surface area contributed by atoms with E-state index in [0.717, 1.165) is 19.3 Å². The van der Waals surface area contributed by atoms with Crippen LogP contribution in [0.2, 0.25) is 0 Å². The van der Waals surface area contributed by atoms with Crippen molar-refractivity contribution in [2.45, 2.75) is 39.0 Å². The molecule has 1 aromatic rings. The SMILES string of the molecule is CCOC(=O)CC1CC(Cc2ccccc2)CCC1=O. The second-order valence-electron chi connectivity index (χ2n) is 5.50. The third kappa shape index (κ3) is 4.19. The Hall–Kier alpha value is -1.64. The Bertz CT molecular complexity index is 453. The van der Waals surface area contributed by atoms with E-state index in [9.17, 15) is 9.59 Å². The van der Waals surface area contributed by atoms with Gasteiger partial charge in [-0.3, -0.25) is 9.59 Å². The molecule has 0 spiro atoms. The van der Waals surface area contributed by atoms with Crippen LogP contribution in [0.5, 0.6) is 0 Å². The van der Waals surface area contributed by atoms with Crippen molar-refractivity contribution in [2.75, 3.05) is 6.61 Å². The molecule has 1 fully saturated rings. The first-order valence-corrected chi connectivity index (χ1v) is 7.41. The minimum absolute atomic E-state index is 0.142. The third-order valence-electron chi connectivity index (χ3n) is 3.96. The summed E-state index contributed by atoms with van der Waals surface area (Å²) >= 11 is 0. The second kappa shape index (κ2) is 7.22. The first-order chi connectivity index (χ1) is 9.69. The molecule has 1 saturated carbocycles. The monoisotopic (exact) mass is 274 g/mol. The van der Waals surface area contributed by atoms with E-state index < -0.39 is 0 Å². The van der Waals surface area contributed by atoms with Gasteiger partial charge < -0.3 is 4.74 Å². The smallest absolute Gasteiger partial charge is 0.306 e. The summed E-state index contributed by atoms with van der Waals surface area (Å²) in [5.74, 6) is 0.333. The summed E-state index contributed by atoms with van der Waals surface area (Å²) in [6.45, 7) is 2.17. The number of esters is 1. The van der Waals surface area contributed by atoms with Gasteiger partial charge in [-0.2, -0.15) is 0 Å². The third-order valence-corrected chi connectivity index (χ3v) is 3.96. The minimum Gasteiger partial charge on any atom is -0.466 e. The highest BCUT2D eigenvalue weighted by molar-refractivity contribution is 5.86. The molecule has 0 radical (unpaired) electrons. The maximum Gasteiger partial charge on any atom is 0.306 e. The molecular weight excluding hydrogens is 252 g/mol. The molecule has 1 aromatic carbocycles. The van der Waals surface area contributed by atoms with E-state index in [0.29, 0.717) is 18.9 Å². The molecule has 2 unspecified atom stereocenters. The molecule has 0 N–H and O–H groups in total. The molecule has 1 aliphatic rings. The van der Waals surface area contributed by atoms with E-state index in [2.05, 4.69) is 12.1 Å². The van der Waals surface area contributed by atoms with Crippen LogP contribution in [-0.2, 0) is 20.7 Å². The van der Waals surface area contributed by atoms with Gasteiger partial charge in [0.2, 0.25) is 0 Å². The Kier molecular flexibility index (Phi) is 5.33. The predicted octanol–water partition coefficient (Wildman–Crippen LogP) is 3.17. The van der Waals surface area contributed by atoms with E-state index in [-0.39, 0.29) is 24.1 Å². The number of benzene rings is 1. The summed E-state index contributed by atoms with van der Waals surface area (Å²) in [5, 5.41) is 0. The van der Waals surface area contributed by atoms with Gasteiger partial charge in [0.05, 0.1) is 13.0 Å². The van der Waals surface area contributed by atoms with Crippen molar-refractivity contribution in [2.24, 2.45) is 11.8 Å². The van der Waals surface area contributed by atoms with Crippen LogP contribution < -0.4 is 0 Å². The molecular formula is C17H22O3. The number of hydrogen-bond donors (Lipinski definition) is 0. The van der Waals surface area contributed by atoms with Crippen LogP contribution in [0.3, 0.4) is 0 Å². The highest BCUT2D eigenvalue weighted by atomic mass is 16.5. The van der Waals surface area contributed by atoms with E-state index >= 15 is 0 Å².